The highest BCUT2D eigenvalue weighted by Gasteiger charge is 2.20. The molecule has 5 heteroatoms. The van der Waals surface area contributed by atoms with E-state index in [9.17, 15) is 9.18 Å². The summed E-state index contributed by atoms with van der Waals surface area (Å²) in [5.41, 5.74) is 2.99. The normalized spacial score (nSPS) is 14.3. The van der Waals surface area contributed by atoms with Gasteiger partial charge in [0, 0.05) is 37.3 Å². The van der Waals surface area contributed by atoms with Gasteiger partial charge in [0.05, 0.1) is 6.54 Å². The van der Waals surface area contributed by atoms with Crippen molar-refractivity contribution in [1.29, 1.82) is 0 Å². The predicted octanol–water partition coefficient (Wildman–Crippen LogP) is 3.50. The Morgan fingerprint density at radius 3 is 2.71 bits per heavy atom. The first-order chi connectivity index (χ1) is 11.5. The third-order valence-electron chi connectivity index (χ3n) is 4.45. The van der Waals surface area contributed by atoms with Gasteiger partial charge in [-0.2, -0.15) is 0 Å². The molecule has 0 aromatic heterocycles. The molecule has 0 atom stereocenters. The van der Waals surface area contributed by atoms with Crippen molar-refractivity contribution in [2.75, 3.05) is 20.1 Å². The molecule has 0 spiro atoms. The standard InChI is InChI=1S/C19H20ClFN2O/c1-22(12-16-17(20)7-4-8-18(16)21)19(24)13-23-10-9-14-5-2-3-6-15(14)11-23/h2-8H,9-13H2,1H3. The highest BCUT2D eigenvalue weighted by molar-refractivity contribution is 6.31. The van der Waals surface area contributed by atoms with Crippen molar-refractivity contribution in [1.82, 2.24) is 9.80 Å². The van der Waals surface area contributed by atoms with Gasteiger partial charge >= 0.3 is 0 Å². The van der Waals surface area contributed by atoms with Crippen LogP contribution in [0.5, 0.6) is 0 Å². The van der Waals surface area contributed by atoms with E-state index in [4.69, 9.17) is 11.6 Å². The molecule has 0 fully saturated rings. The molecule has 0 saturated carbocycles. The predicted molar refractivity (Wildman–Crippen MR) is 93.3 cm³/mol. The van der Waals surface area contributed by atoms with Crippen LogP contribution >= 0.6 is 11.6 Å². The maximum Gasteiger partial charge on any atom is 0.236 e. The molecular formula is C19H20ClFN2O. The van der Waals surface area contributed by atoms with E-state index < -0.39 is 0 Å². The number of fused-ring (bicyclic) bond motifs is 1. The molecule has 3 nitrogen and oxygen atoms in total. The molecule has 0 aliphatic carbocycles. The Kier molecular flexibility index (Phi) is 5.17. The van der Waals surface area contributed by atoms with Crippen molar-refractivity contribution in [2.24, 2.45) is 0 Å². The van der Waals surface area contributed by atoms with Gasteiger partial charge in [-0.05, 0) is 29.7 Å². The van der Waals surface area contributed by atoms with E-state index in [1.807, 2.05) is 12.1 Å². The number of likely N-dealkylation sites (N-methyl/N-ethyl adjacent to an activating group) is 1. The van der Waals surface area contributed by atoms with Gasteiger partial charge in [0.1, 0.15) is 5.82 Å². The number of rotatable bonds is 4. The number of halogens is 2. The zero-order valence-corrected chi connectivity index (χ0v) is 14.4. The van der Waals surface area contributed by atoms with E-state index in [1.54, 1.807) is 19.2 Å². The van der Waals surface area contributed by atoms with E-state index >= 15 is 0 Å². The van der Waals surface area contributed by atoms with Gasteiger partial charge in [-0.3, -0.25) is 9.69 Å². The summed E-state index contributed by atoms with van der Waals surface area (Å²) in [5.74, 6) is -0.414. The lowest BCUT2D eigenvalue weighted by molar-refractivity contribution is -0.131. The van der Waals surface area contributed by atoms with Gasteiger partial charge in [0.15, 0.2) is 0 Å². The van der Waals surface area contributed by atoms with E-state index in [-0.39, 0.29) is 18.3 Å². The fraction of sp³-hybridized carbons (Fsp3) is 0.316. The van der Waals surface area contributed by atoms with Crippen LogP contribution in [0.2, 0.25) is 5.02 Å². The number of amides is 1. The Morgan fingerprint density at radius 1 is 1.21 bits per heavy atom. The minimum absolute atomic E-state index is 0.0336. The summed E-state index contributed by atoms with van der Waals surface area (Å²) in [7, 11) is 1.68. The van der Waals surface area contributed by atoms with Crippen LogP contribution < -0.4 is 0 Å². The number of carbonyl (C=O) groups is 1. The number of nitrogens with zero attached hydrogens (tertiary/aromatic N) is 2. The third kappa shape index (κ3) is 3.77. The van der Waals surface area contributed by atoms with Gasteiger partial charge in [0.2, 0.25) is 5.91 Å². The van der Waals surface area contributed by atoms with E-state index in [1.165, 1.54) is 22.1 Å². The van der Waals surface area contributed by atoms with Crippen LogP contribution in [-0.2, 0) is 24.3 Å². The third-order valence-corrected chi connectivity index (χ3v) is 4.81. The lowest BCUT2D eigenvalue weighted by Gasteiger charge is -2.29. The number of carbonyl (C=O) groups excluding carboxylic acids is 1. The molecule has 0 radical (unpaired) electrons. The van der Waals surface area contributed by atoms with Crippen molar-refractivity contribution >= 4 is 17.5 Å². The molecule has 0 saturated heterocycles. The first-order valence-corrected chi connectivity index (χ1v) is 8.38. The van der Waals surface area contributed by atoms with Crippen molar-refractivity contribution in [3.63, 3.8) is 0 Å². The molecule has 0 bridgehead atoms. The second kappa shape index (κ2) is 7.32. The molecule has 1 amide bonds. The smallest absolute Gasteiger partial charge is 0.236 e. The SMILES string of the molecule is CN(Cc1c(F)cccc1Cl)C(=O)CN1CCc2ccccc2C1. The van der Waals surface area contributed by atoms with Crippen LogP contribution in [-0.4, -0.2) is 35.8 Å². The van der Waals surface area contributed by atoms with Crippen LogP contribution in [0.15, 0.2) is 42.5 Å². The Hall–Kier alpha value is -1.91. The summed E-state index contributed by atoms with van der Waals surface area (Å²) >= 11 is 6.04. The Labute approximate surface area is 146 Å². The highest BCUT2D eigenvalue weighted by Crippen LogP contribution is 2.21. The lowest BCUT2D eigenvalue weighted by Crippen LogP contribution is -2.40. The van der Waals surface area contributed by atoms with Crippen LogP contribution in [0, 0.1) is 5.82 Å². The van der Waals surface area contributed by atoms with Crippen molar-refractivity contribution in [3.05, 3.63) is 70.0 Å². The Balaban J connectivity index is 1.61. The van der Waals surface area contributed by atoms with Gasteiger partial charge in [-0.25, -0.2) is 4.39 Å². The summed E-state index contributed by atoms with van der Waals surface area (Å²) in [6, 6.07) is 12.9. The first kappa shape index (κ1) is 16.9. The summed E-state index contributed by atoms with van der Waals surface area (Å²) in [6.45, 7) is 2.14. The summed E-state index contributed by atoms with van der Waals surface area (Å²) in [4.78, 5) is 16.1. The largest absolute Gasteiger partial charge is 0.340 e. The van der Waals surface area contributed by atoms with Gasteiger partial charge in [-0.1, -0.05) is 41.9 Å². The Morgan fingerprint density at radius 2 is 1.96 bits per heavy atom. The van der Waals surface area contributed by atoms with Gasteiger partial charge in [-0.15, -0.1) is 0 Å². The Bertz CT molecular complexity index is 730. The molecule has 3 rings (SSSR count). The number of benzene rings is 2. The van der Waals surface area contributed by atoms with Crippen LogP contribution in [0.4, 0.5) is 4.39 Å². The monoisotopic (exact) mass is 346 g/mol. The number of hydrogen-bond acceptors (Lipinski definition) is 2. The molecule has 0 unspecified atom stereocenters. The maximum atomic E-state index is 13.9. The molecule has 2 aromatic rings. The quantitative estimate of drug-likeness (QED) is 0.846. The average molecular weight is 347 g/mol. The van der Waals surface area contributed by atoms with Gasteiger partial charge in [0.25, 0.3) is 0 Å². The summed E-state index contributed by atoms with van der Waals surface area (Å²) in [6.07, 6.45) is 0.951. The van der Waals surface area contributed by atoms with E-state index in [0.29, 0.717) is 17.1 Å². The van der Waals surface area contributed by atoms with Crippen molar-refractivity contribution in [3.8, 4) is 0 Å². The number of hydrogen-bond donors (Lipinski definition) is 0. The molecule has 0 N–H and O–H groups in total. The average Bonchev–Trinajstić information content (AvgIpc) is 2.58. The molecule has 1 heterocycles. The minimum Gasteiger partial charge on any atom is -0.340 e. The van der Waals surface area contributed by atoms with Gasteiger partial charge < -0.3 is 4.90 Å². The van der Waals surface area contributed by atoms with Crippen LogP contribution in [0.1, 0.15) is 16.7 Å². The lowest BCUT2D eigenvalue weighted by atomic mass is 10.00. The van der Waals surface area contributed by atoms with E-state index in [0.717, 1.165) is 19.5 Å². The van der Waals surface area contributed by atoms with Crippen LogP contribution in [0.25, 0.3) is 0 Å². The topological polar surface area (TPSA) is 23.6 Å². The molecular weight excluding hydrogens is 327 g/mol. The highest BCUT2D eigenvalue weighted by atomic mass is 35.5. The maximum absolute atomic E-state index is 13.9. The minimum atomic E-state index is -0.381. The van der Waals surface area contributed by atoms with Crippen molar-refractivity contribution < 1.29 is 9.18 Å². The first-order valence-electron chi connectivity index (χ1n) is 8.00. The second-order valence-corrected chi connectivity index (χ2v) is 6.59. The zero-order valence-electron chi connectivity index (χ0n) is 13.6. The second-order valence-electron chi connectivity index (χ2n) is 6.18. The van der Waals surface area contributed by atoms with E-state index in [2.05, 4.69) is 17.0 Å². The fourth-order valence-corrected chi connectivity index (χ4v) is 3.23. The van der Waals surface area contributed by atoms with Crippen LogP contribution in [0.3, 0.4) is 0 Å². The molecule has 2 aromatic carbocycles. The summed E-state index contributed by atoms with van der Waals surface area (Å²) in [5, 5.41) is 0.349. The summed E-state index contributed by atoms with van der Waals surface area (Å²) < 4.78 is 13.9. The molecule has 1 aliphatic rings. The molecule has 1 aliphatic heterocycles. The fourth-order valence-electron chi connectivity index (χ4n) is 3.01. The zero-order chi connectivity index (χ0) is 17.1. The van der Waals surface area contributed by atoms with Crippen molar-refractivity contribution in [2.45, 2.75) is 19.5 Å². The molecule has 24 heavy (non-hydrogen) atoms. The molecule has 126 valence electrons.